The molecule has 1 atom stereocenters. The Kier molecular flexibility index (Phi) is 6.75. The zero-order valence-corrected chi connectivity index (χ0v) is 21.5. The number of hydrogen-bond donors (Lipinski definition) is 1. The number of thiocarbonyl (C=S) groups is 1. The lowest BCUT2D eigenvalue weighted by Crippen LogP contribution is -2.37. The summed E-state index contributed by atoms with van der Waals surface area (Å²) in [7, 11) is 0. The van der Waals surface area contributed by atoms with Gasteiger partial charge in [-0.2, -0.15) is 0 Å². The molecule has 0 aromatic heterocycles. The fourth-order valence-corrected chi connectivity index (χ4v) is 4.83. The Balaban J connectivity index is 1.41. The van der Waals surface area contributed by atoms with Gasteiger partial charge in [-0.05, 0) is 78.8 Å². The Morgan fingerprint density at radius 3 is 2.56 bits per heavy atom. The van der Waals surface area contributed by atoms with Gasteiger partial charge >= 0.3 is 0 Å². The van der Waals surface area contributed by atoms with E-state index in [0.717, 1.165) is 11.1 Å². The molecule has 2 heterocycles. The van der Waals surface area contributed by atoms with Gasteiger partial charge in [0.05, 0.1) is 12.1 Å². The van der Waals surface area contributed by atoms with E-state index in [1.54, 1.807) is 41.3 Å². The van der Waals surface area contributed by atoms with Gasteiger partial charge in [-0.1, -0.05) is 35.3 Å². The molecule has 184 valence electrons. The molecule has 1 fully saturated rings. The highest BCUT2D eigenvalue weighted by Gasteiger charge is 2.44. The van der Waals surface area contributed by atoms with Crippen LogP contribution in [0.4, 0.5) is 11.4 Å². The van der Waals surface area contributed by atoms with E-state index in [9.17, 15) is 9.59 Å². The molecule has 3 aromatic carbocycles. The number of aryl methyl sites for hydroxylation is 1. The fourth-order valence-electron chi connectivity index (χ4n) is 4.14. The quantitative estimate of drug-likeness (QED) is 0.412. The van der Waals surface area contributed by atoms with Crippen LogP contribution < -0.4 is 19.7 Å². The SMILES string of the molecule is Cc1ccc(NC(=O)C[C@H]2C(=O)N(c3ccc(Cl)cc3)C(=S)N2Cc2ccc3c(c2)OCO3)cc1Cl. The van der Waals surface area contributed by atoms with E-state index in [4.69, 9.17) is 44.9 Å². The summed E-state index contributed by atoms with van der Waals surface area (Å²) < 4.78 is 10.9. The van der Waals surface area contributed by atoms with Crippen LogP contribution in [0.15, 0.2) is 60.7 Å². The molecule has 1 N–H and O–H groups in total. The van der Waals surface area contributed by atoms with E-state index in [2.05, 4.69) is 5.32 Å². The second-order valence-corrected chi connectivity index (χ2v) is 9.69. The standard InChI is InChI=1S/C26H21Cl2N3O4S/c1-15-2-6-18(11-20(15)28)29-24(32)12-21-25(33)31(19-7-4-17(27)5-8-19)26(36)30(21)13-16-3-9-22-23(10-16)35-14-34-22/h2-11,21H,12-14H2,1H3,(H,29,32)/t21-/m0/s1. The van der Waals surface area contributed by atoms with Crippen molar-refractivity contribution < 1.29 is 19.1 Å². The molecule has 0 aliphatic carbocycles. The maximum Gasteiger partial charge on any atom is 0.256 e. The Morgan fingerprint density at radius 1 is 1.06 bits per heavy atom. The molecule has 2 amide bonds. The summed E-state index contributed by atoms with van der Waals surface area (Å²) in [5, 5.41) is 4.23. The fraction of sp³-hybridized carbons (Fsp3) is 0.192. The summed E-state index contributed by atoms with van der Waals surface area (Å²) in [4.78, 5) is 29.8. The van der Waals surface area contributed by atoms with Crippen molar-refractivity contribution in [3.8, 4) is 11.5 Å². The van der Waals surface area contributed by atoms with E-state index < -0.39 is 6.04 Å². The number of anilines is 2. The van der Waals surface area contributed by atoms with Crippen molar-refractivity contribution in [1.29, 1.82) is 0 Å². The molecule has 0 spiro atoms. The minimum Gasteiger partial charge on any atom is -0.454 e. The summed E-state index contributed by atoms with van der Waals surface area (Å²) in [5.74, 6) is 0.670. The highest BCUT2D eigenvalue weighted by molar-refractivity contribution is 7.80. The predicted molar refractivity (Wildman–Crippen MR) is 143 cm³/mol. The average molecular weight is 542 g/mol. The predicted octanol–water partition coefficient (Wildman–Crippen LogP) is 5.56. The lowest BCUT2D eigenvalue weighted by atomic mass is 10.1. The first-order valence-corrected chi connectivity index (χ1v) is 12.3. The molecule has 3 aromatic rings. The van der Waals surface area contributed by atoms with E-state index in [0.29, 0.717) is 44.6 Å². The average Bonchev–Trinajstić information content (AvgIpc) is 3.40. The number of amides is 2. The van der Waals surface area contributed by atoms with Crippen LogP contribution in [0.1, 0.15) is 17.5 Å². The molecule has 2 aliphatic rings. The zero-order valence-electron chi connectivity index (χ0n) is 19.2. The Morgan fingerprint density at radius 2 is 1.81 bits per heavy atom. The number of rotatable bonds is 6. The number of halogens is 2. The Bertz CT molecular complexity index is 1370. The third kappa shape index (κ3) is 4.84. The normalized spacial score (nSPS) is 16.6. The van der Waals surface area contributed by atoms with Crippen molar-refractivity contribution in [1.82, 2.24) is 4.90 Å². The van der Waals surface area contributed by atoms with Crippen LogP contribution >= 0.6 is 35.4 Å². The molecule has 36 heavy (non-hydrogen) atoms. The first-order valence-electron chi connectivity index (χ1n) is 11.1. The van der Waals surface area contributed by atoms with Gasteiger partial charge in [0, 0.05) is 22.3 Å². The molecular formula is C26H21Cl2N3O4S. The van der Waals surface area contributed by atoms with Crippen molar-refractivity contribution >= 4 is 63.7 Å². The van der Waals surface area contributed by atoms with Gasteiger partial charge in [0.2, 0.25) is 12.7 Å². The number of carbonyl (C=O) groups excluding carboxylic acids is 2. The monoisotopic (exact) mass is 541 g/mol. The molecule has 7 nitrogen and oxygen atoms in total. The third-order valence-corrected chi connectivity index (χ3v) is 7.10. The van der Waals surface area contributed by atoms with Crippen molar-refractivity contribution in [3.63, 3.8) is 0 Å². The molecule has 0 radical (unpaired) electrons. The van der Waals surface area contributed by atoms with Crippen LogP contribution in [0.25, 0.3) is 0 Å². The highest BCUT2D eigenvalue weighted by atomic mass is 35.5. The second kappa shape index (κ2) is 9.97. The van der Waals surface area contributed by atoms with E-state index in [1.807, 2.05) is 31.2 Å². The van der Waals surface area contributed by atoms with Gasteiger partial charge in [-0.3, -0.25) is 14.5 Å². The van der Waals surface area contributed by atoms with Gasteiger partial charge in [0.25, 0.3) is 5.91 Å². The number of fused-ring (bicyclic) bond motifs is 1. The van der Waals surface area contributed by atoms with Gasteiger partial charge in [0.1, 0.15) is 6.04 Å². The van der Waals surface area contributed by atoms with Crippen LogP contribution in [0.5, 0.6) is 11.5 Å². The smallest absolute Gasteiger partial charge is 0.256 e. The van der Waals surface area contributed by atoms with Crippen molar-refractivity contribution in [2.24, 2.45) is 0 Å². The summed E-state index contributed by atoms with van der Waals surface area (Å²) in [6, 6.07) is 16.9. The topological polar surface area (TPSA) is 71.1 Å². The van der Waals surface area contributed by atoms with Crippen molar-refractivity contribution in [2.45, 2.75) is 25.9 Å². The first-order chi connectivity index (χ1) is 17.3. The maximum atomic E-state index is 13.6. The van der Waals surface area contributed by atoms with Crippen molar-refractivity contribution in [3.05, 3.63) is 81.8 Å². The van der Waals surface area contributed by atoms with Crippen LogP contribution in [0.3, 0.4) is 0 Å². The number of nitrogens with one attached hydrogen (secondary N) is 1. The number of benzene rings is 3. The van der Waals surface area contributed by atoms with Gasteiger partial charge < -0.3 is 19.7 Å². The molecule has 0 saturated carbocycles. The largest absolute Gasteiger partial charge is 0.454 e. The van der Waals surface area contributed by atoms with Gasteiger partial charge in [-0.25, -0.2) is 0 Å². The Hall–Kier alpha value is -3.33. The molecular weight excluding hydrogens is 521 g/mol. The highest BCUT2D eigenvalue weighted by Crippen LogP contribution is 2.35. The lowest BCUT2D eigenvalue weighted by molar-refractivity contribution is -0.124. The summed E-state index contributed by atoms with van der Waals surface area (Å²) in [5.41, 5.74) is 2.90. The molecule has 10 heteroatoms. The summed E-state index contributed by atoms with van der Waals surface area (Å²) in [6.07, 6.45) is -0.0981. The molecule has 0 bridgehead atoms. The molecule has 5 rings (SSSR count). The van der Waals surface area contributed by atoms with E-state index in [1.165, 1.54) is 4.90 Å². The van der Waals surface area contributed by atoms with E-state index >= 15 is 0 Å². The van der Waals surface area contributed by atoms with Crippen molar-refractivity contribution in [2.75, 3.05) is 17.0 Å². The van der Waals surface area contributed by atoms with Crippen LogP contribution in [0, 0.1) is 6.92 Å². The first kappa shape index (κ1) is 24.4. The zero-order chi connectivity index (χ0) is 25.4. The minimum atomic E-state index is -0.806. The second-order valence-electron chi connectivity index (χ2n) is 8.48. The summed E-state index contributed by atoms with van der Waals surface area (Å²) >= 11 is 18.0. The van der Waals surface area contributed by atoms with Gasteiger partial charge in [-0.15, -0.1) is 0 Å². The maximum absolute atomic E-state index is 13.6. The third-order valence-electron chi connectivity index (χ3n) is 6.03. The summed E-state index contributed by atoms with van der Waals surface area (Å²) in [6.45, 7) is 2.35. The van der Waals surface area contributed by atoms with E-state index in [-0.39, 0.29) is 25.0 Å². The molecule has 2 aliphatic heterocycles. The minimum absolute atomic E-state index is 0.0981. The lowest BCUT2D eigenvalue weighted by Gasteiger charge is -2.24. The molecule has 1 saturated heterocycles. The number of carbonyl (C=O) groups is 2. The van der Waals surface area contributed by atoms with Gasteiger partial charge in [0.15, 0.2) is 16.6 Å². The number of ether oxygens (including phenoxy) is 2. The number of hydrogen-bond acceptors (Lipinski definition) is 5. The van der Waals surface area contributed by atoms with Crippen LogP contribution in [0.2, 0.25) is 10.0 Å². The number of nitrogens with zero attached hydrogens (tertiary/aromatic N) is 2. The van der Waals surface area contributed by atoms with Crippen LogP contribution in [-0.4, -0.2) is 34.7 Å². The van der Waals surface area contributed by atoms with Crippen LogP contribution in [-0.2, 0) is 16.1 Å². The molecule has 0 unspecified atom stereocenters. The Labute approximate surface area is 223 Å².